The third-order valence-electron chi connectivity index (χ3n) is 4.18. The van der Waals surface area contributed by atoms with Crippen molar-refractivity contribution in [1.29, 1.82) is 0 Å². The minimum absolute atomic E-state index is 0.149. The van der Waals surface area contributed by atoms with Crippen LogP contribution in [0.2, 0.25) is 10.0 Å². The van der Waals surface area contributed by atoms with Crippen molar-refractivity contribution in [3.05, 3.63) is 93.0 Å². The molecular weight excluding hydrogens is 423 g/mol. The average Bonchev–Trinajstić information content (AvgIpc) is 2.73. The van der Waals surface area contributed by atoms with Gasteiger partial charge < -0.3 is 14.6 Å². The van der Waals surface area contributed by atoms with Gasteiger partial charge in [0.05, 0.1) is 5.56 Å². The molecule has 0 saturated heterocycles. The lowest BCUT2D eigenvalue weighted by molar-refractivity contribution is 0.0693. The number of halogens is 2. The summed E-state index contributed by atoms with van der Waals surface area (Å²) in [5.74, 6) is 0.234. The van der Waals surface area contributed by atoms with Crippen LogP contribution >= 0.6 is 23.2 Å². The van der Waals surface area contributed by atoms with Crippen molar-refractivity contribution < 1.29 is 19.4 Å². The van der Waals surface area contributed by atoms with Crippen molar-refractivity contribution in [3.8, 4) is 11.5 Å². The van der Waals surface area contributed by atoms with E-state index in [9.17, 15) is 9.90 Å². The molecule has 0 fully saturated rings. The fourth-order valence-corrected chi connectivity index (χ4v) is 3.23. The number of aryl methyl sites for hydroxylation is 1. The molecule has 0 aliphatic heterocycles. The van der Waals surface area contributed by atoms with E-state index in [4.69, 9.17) is 32.7 Å². The summed E-state index contributed by atoms with van der Waals surface area (Å²) in [6.07, 6.45) is 0. The summed E-state index contributed by atoms with van der Waals surface area (Å²) >= 11 is 12.1. The first-order chi connectivity index (χ1) is 14.4. The average molecular weight is 447 g/mol. The fraction of sp³-hybridized carbons (Fsp3) is 0.208. The molecule has 0 aromatic heterocycles. The Bertz CT molecular complexity index is 1000. The van der Waals surface area contributed by atoms with Gasteiger partial charge in [0.15, 0.2) is 0 Å². The molecule has 0 spiro atoms. The number of carbonyl (C=O) groups is 1. The van der Waals surface area contributed by atoms with Gasteiger partial charge in [-0.15, -0.1) is 0 Å². The third-order valence-corrected chi connectivity index (χ3v) is 4.77. The molecule has 0 atom stereocenters. The molecule has 0 saturated carbocycles. The van der Waals surface area contributed by atoms with Crippen LogP contribution in [0.25, 0.3) is 0 Å². The van der Waals surface area contributed by atoms with E-state index < -0.39 is 5.97 Å². The monoisotopic (exact) mass is 446 g/mol. The summed E-state index contributed by atoms with van der Waals surface area (Å²) in [6, 6.07) is 17.7. The smallest absolute Gasteiger partial charge is 0.336 e. The Kier molecular flexibility index (Phi) is 9.03. The molecule has 0 heterocycles. The summed E-state index contributed by atoms with van der Waals surface area (Å²) < 4.78 is 11.6. The van der Waals surface area contributed by atoms with Gasteiger partial charge in [0.2, 0.25) is 0 Å². The van der Waals surface area contributed by atoms with E-state index >= 15 is 0 Å². The van der Waals surface area contributed by atoms with Gasteiger partial charge in [0.25, 0.3) is 0 Å². The standard InChI is InChI=1S/C22H18Cl2O4.C2H6/c1-14-4-2-5-16(21(14)22(25)26)13-28-19-7-3-6-18(11-19)27-12-15-8-9-17(23)10-20(15)24;1-2/h2-11H,12-13H2,1H3,(H,25,26);1-2H3. The van der Waals surface area contributed by atoms with Gasteiger partial charge in [0.1, 0.15) is 24.7 Å². The van der Waals surface area contributed by atoms with Crippen LogP contribution in [0.3, 0.4) is 0 Å². The van der Waals surface area contributed by atoms with Crippen molar-refractivity contribution in [3.63, 3.8) is 0 Å². The molecule has 4 nitrogen and oxygen atoms in total. The van der Waals surface area contributed by atoms with Crippen LogP contribution in [0.5, 0.6) is 11.5 Å². The molecule has 0 amide bonds. The van der Waals surface area contributed by atoms with Crippen LogP contribution in [0.15, 0.2) is 60.7 Å². The van der Waals surface area contributed by atoms with Crippen LogP contribution in [0.4, 0.5) is 0 Å². The third kappa shape index (κ3) is 6.41. The molecule has 1 N–H and O–H groups in total. The van der Waals surface area contributed by atoms with Crippen molar-refractivity contribution in [2.45, 2.75) is 34.0 Å². The highest BCUT2D eigenvalue weighted by atomic mass is 35.5. The topological polar surface area (TPSA) is 55.8 Å². The molecule has 0 aliphatic carbocycles. The van der Waals surface area contributed by atoms with Crippen molar-refractivity contribution >= 4 is 29.2 Å². The quantitative estimate of drug-likeness (QED) is 0.417. The van der Waals surface area contributed by atoms with E-state index in [-0.39, 0.29) is 12.2 Å². The molecular formula is C24H24Cl2O4. The van der Waals surface area contributed by atoms with E-state index in [1.54, 1.807) is 43.3 Å². The highest BCUT2D eigenvalue weighted by Gasteiger charge is 2.13. The maximum absolute atomic E-state index is 11.5. The Labute approximate surface area is 187 Å². The second kappa shape index (κ2) is 11.5. The zero-order valence-corrected chi connectivity index (χ0v) is 18.6. The predicted molar refractivity (Wildman–Crippen MR) is 121 cm³/mol. The van der Waals surface area contributed by atoms with Gasteiger partial charge in [0, 0.05) is 27.2 Å². The molecule has 0 bridgehead atoms. The highest BCUT2D eigenvalue weighted by Crippen LogP contribution is 2.25. The number of benzene rings is 3. The molecule has 0 radical (unpaired) electrons. The van der Waals surface area contributed by atoms with E-state index in [0.29, 0.717) is 39.3 Å². The van der Waals surface area contributed by atoms with Crippen molar-refractivity contribution in [1.82, 2.24) is 0 Å². The number of carboxylic acid groups (broad SMARTS) is 1. The number of ether oxygens (including phenoxy) is 2. The van der Waals surface area contributed by atoms with E-state index in [1.165, 1.54) is 0 Å². The summed E-state index contributed by atoms with van der Waals surface area (Å²) in [7, 11) is 0. The summed E-state index contributed by atoms with van der Waals surface area (Å²) in [5.41, 5.74) is 2.41. The zero-order chi connectivity index (χ0) is 22.1. The van der Waals surface area contributed by atoms with Crippen LogP contribution in [-0.2, 0) is 13.2 Å². The van der Waals surface area contributed by atoms with Gasteiger partial charge in [-0.1, -0.05) is 67.4 Å². The van der Waals surface area contributed by atoms with Gasteiger partial charge in [-0.25, -0.2) is 4.79 Å². The Morgan fingerprint density at radius 1 is 0.867 bits per heavy atom. The SMILES string of the molecule is CC.Cc1cccc(COc2cccc(OCc3ccc(Cl)cc3Cl)c2)c1C(=O)O. The molecule has 158 valence electrons. The zero-order valence-electron chi connectivity index (χ0n) is 17.1. The van der Waals surface area contributed by atoms with Gasteiger partial charge in [-0.05, 0) is 36.8 Å². The van der Waals surface area contributed by atoms with Crippen molar-refractivity contribution in [2.75, 3.05) is 0 Å². The predicted octanol–water partition coefficient (Wildman–Crippen LogP) is 7.18. The lowest BCUT2D eigenvalue weighted by Gasteiger charge is -2.12. The molecule has 30 heavy (non-hydrogen) atoms. The van der Waals surface area contributed by atoms with Crippen LogP contribution in [0.1, 0.15) is 40.9 Å². The minimum Gasteiger partial charge on any atom is -0.489 e. The Morgan fingerprint density at radius 2 is 1.47 bits per heavy atom. The number of aromatic carboxylic acids is 1. The first-order valence-electron chi connectivity index (χ1n) is 9.55. The van der Waals surface area contributed by atoms with Gasteiger partial charge in [-0.3, -0.25) is 0 Å². The number of hydrogen-bond donors (Lipinski definition) is 1. The van der Waals surface area contributed by atoms with Crippen LogP contribution in [-0.4, -0.2) is 11.1 Å². The van der Waals surface area contributed by atoms with Gasteiger partial charge in [-0.2, -0.15) is 0 Å². The fourth-order valence-electron chi connectivity index (χ4n) is 2.77. The summed E-state index contributed by atoms with van der Waals surface area (Å²) in [6.45, 7) is 6.21. The lowest BCUT2D eigenvalue weighted by atomic mass is 10.0. The first kappa shape index (κ1) is 23.6. The minimum atomic E-state index is -0.964. The maximum atomic E-state index is 11.5. The Hall–Kier alpha value is -2.69. The summed E-state index contributed by atoms with van der Waals surface area (Å²) in [5, 5.41) is 10.5. The maximum Gasteiger partial charge on any atom is 0.336 e. The normalized spacial score (nSPS) is 10.0. The van der Waals surface area contributed by atoms with Crippen LogP contribution < -0.4 is 9.47 Å². The van der Waals surface area contributed by atoms with E-state index in [1.807, 2.05) is 38.1 Å². The first-order valence-corrected chi connectivity index (χ1v) is 10.3. The number of carboxylic acids is 1. The molecule has 0 unspecified atom stereocenters. The molecule has 6 heteroatoms. The lowest BCUT2D eigenvalue weighted by Crippen LogP contribution is -2.07. The second-order valence-electron chi connectivity index (χ2n) is 6.20. The Balaban J connectivity index is 0.00000155. The largest absolute Gasteiger partial charge is 0.489 e. The van der Waals surface area contributed by atoms with E-state index in [2.05, 4.69) is 0 Å². The molecule has 3 aromatic carbocycles. The molecule has 0 aliphatic rings. The molecule has 3 rings (SSSR count). The van der Waals surface area contributed by atoms with E-state index in [0.717, 1.165) is 5.56 Å². The molecule has 3 aromatic rings. The number of hydrogen-bond acceptors (Lipinski definition) is 3. The van der Waals surface area contributed by atoms with Crippen molar-refractivity contribution in [2.24, 2.45) is 0 Å². The highest BCUT2D eigenvalue weighted by molar-refractivity contribution is 6.35. The second-order valence-corrected chi connectivity index (χ2v) is 7.05. The summed E-state index contributed by atoms with van der Waals surface area (Å²) in [4.78, 5) is 11.5. The van der Waals surface area contributed by atoms with Gasteiger partial charge >= 0.3 is 5.97 Å². The Morgan fingerprint density at radius 3 is 2.07 bits per heavy atom. The van der Waals surface area contributed by atoms with Crippen LogP contribution in [0, 0.1) is 6.92 Å². The number of rotatable bonds is 7.